The maximum Gasteiger partial charge on any atom is 0.189 e. The third-order valence-electron chi connectivity index (χ3n) is 2.20. The van der Waals surface area contributed by atoms with E-state index in [4.69, 9.17) is 17.3 Å². The number of pyridine rings is 1. The van der Waals surface area contributed by atoms with Crippen LogP contribution in [0.2, 0.25) is 5.02 Å². The summed E-state index contributed by atoms with van der Waals surface area (Å²) in [5.74, 6) is 0.516. The van der Waals surface area contributed by atoms with Crippen molar-refractivity contribution in [2.45, 2.75) is 6.92 Å². The number of ketones is 1. The van der Waals surface area contributed by atoms with Crippen molar-refractivity contribution in [1.29, 1.82) is 0 Å². The molecule has 2 aromatic heterocycles. The van der Waals surface area contributed by atoms with Crippen LogP contribution in [0, 0.1) is 6.92 Å². The predicted molar refractivity (Wildman–Crippen MR) is 72.8 cm³/mol. The molecule has 0 amide bonds. The molecule has 2 heterocycles. The van der Waals surface area contributed by atoms with Gasteiger partial charge < -0.3 is 11.1 Å². The van der Waals surface area contributed by atoms with Crippen LogP contribution in [0.15, 0.2) is 18.3 Å². The highest BCUT2D eigenvalue weighted by Crippen LogP contribution is 2.25. The second kappa shape index (κ2) is 5.43. The van der Waals surface area contributed by atoms with Gasteiger partial charge in [-0.3, -0.25) is 4.79 Å². The average molecular weight is 283 g/mol. The van der Waals surface area contributed by atoms with Gasteiger partial charge >= 0.3 is 0 Å². The number of hydrogen-bond donors (Lipinski definition) is 2. The van der Waals surface area contributed by atoms with Crippen molar-refractivity contribution in [2.24, 2.45) is 5.73 Å². The second-order valence-corrected chi connectivity index (χ2v) is 4.98. The number of aryl methyl sites for hydroxylation is 1. The number of rotatable bonds is 4. The molecule has 0 aromatic carbocycles. The minimum Gasteiger partial charge on any atom is -0.324 e. The van der Waals surface area contributed by atoms with Gasteiger partial charge in [0, 0.05) is 6.20 Å². The van der Waals surface area contributed by atoms with E-state index >= 15 is 0 Å². The van der Waals surface area contributed by atoms with E-state index in [0.29, 0.717) is 26.5 Å². The summed E-state index contributed by atoms with van der Waals surface area (Å²) >= 11 is 7.01. The average Bonchev–Trinajstić information content (AvgIpc) is 2.72. The number of thiazole rings is 1. The molecule has 0 unspecified atom stereocenters. The van der Waals surface area contributed by atoms with E-state index in [0.717, 1.165) is 0 Å². The van der Waals surface area contributed by atoms with Gasteiger partial charge in [-0.2, -0.15) is 0 Å². The van der Waals surface area contributed by atoms with E-state index in [2.05, 4.69) is 15.3 Å². The number of nitrogens with two attached hydrogens (primary N) is 1. The van der Waals surface area contributed by atoms with E-state index in [1.807, 2.05) is 0 Å². The molecule has 0 aliphatic rings. The first-order valence-corrected chi connectivity index (χ1v) is 6.39. The molecule has 0 spiro atoms. The van der Waals surface area contributed by atoms with Crippen LogP contribution in [-0.4, -0.2) is 22.3 Å². The van der Waals surface area contributed by atoms with E-state index < -0.39 is 0 Å². The van der Waals surface area contributed by atoms with Crippen molar-refractivity contribution in [1.82, 2.24) is 9.97 Å². The molecule has 5 nitrogen and oxygen atoms in total. The molecule has 0 radical (unpaired) electrons. The van der Waals surface area contributed by atoms with Gasteiger partial charge in [-0.25, -0.2) is 9.97 Å². The van der Waals surface area contributed by atoms with Crippen LogP contribution in [0.1, 0.15) is 15.4 Å². The molecule has 0 aliphatic carbocycles. The van der Waals surface area contributed by atoms with Crippen molar-refractivity contribution in [3.63, 3.8) is 0 Å². The fourth-order valence-corrected chi connectivity index (χ4v) is 2.39. The lowest BCUT2D eigenvalue weighted by Crippen LogP contribution is -2.13. The number of carbonyl (C=O) groups is 1. The van der Waals surface area contributed by atoms with Gasteiger partial charge in [0.15, 0.2) is 10.9 Å². The minimum atomic E-state index is -0.109. The normalized spacial score (nSPS) is 10.4. The summed E-state index contributed by atoms with van der Waals surface area (Å²) in [5, 5.41) is 4.19. The highest BCUT2D eigenvalue weighted by molar-refractivity contribution is 7.17. The third-order valence-corrected chi connectivity index (χ3v) is 3.54. The molecule has 0 saturated carbocycles. The topological polar surface area (TPSA) is 80.9 Å². The number of Topliss-reactive ketones (excluding diaryl/α,β-unsaturated/α-hetero) is 1. The van der Waals surface area contributed by atoms with Crippen molar-refractivity contribution in [3.8, 4) is 0 Å². The van der Waals surface area contributed by atoms with Gasteiger partial charge in [-0.05, 0) is 19.1 Å². The zero-order chi connectivity index (χ0) is 13.1. The lowest BCUT2D eigenvalue weighted by atomic mass is 10.3. The summed E-state index contributed by atoms with van der Waals surface area (Å²) in [6, 6.07) is 3.47. The lowest BCUT2D eigenvalue weighted by molar-refractivity contribution is 0.100. The van der Waals surface area contributed by atoms with E-state index in [1.165, 1.54) is 17.5 Å². The summed E-state index contributed by atoms with van der Waals surface area (Å²) < 4.78 is 0. The molecule has 0 saturated heterocycles. The molecule has 2 aromatic rings. The molecule has 94 valence electrons. The largest absolute Gasteiger partial charge is 0.324 e. The number of hydrogen-bond acceptors (Lipinski definition) is 6. The standard InChI is InChI=1S/C11H11ClN4OS/c1-6-10(8(17)4-13)18-11(15-6)16-9-3-2-7(12)5-14-9/h2-3,5H,4,13H2,1H3,(H,14,15,16). The van der Waals surface area contributed by atoms with Crippen LogP contribution in [0.4, 0.5) is 10.9 Å². The van der Waals surface area contributed by atoms with Crippen molar-refractivity contribution >= 4 is 39.7 Å². The lowest BCUT2D eigenvalue weighted by Gasteiger charge is -2.00. The third kappa shape index (κ3) is 2.84. The molecule has 7 heteroatoms. The van der Waals surface area contributed by atoms with Gasteiger partial charge in [0.1, 0.15) is 5.82 Å². The Kier molecular flexibility index (Phi) is 3.90. The Morgan fingerprint density at radius 1 is 1.56 bits per heavy atom. The Labute approximate surface area is 113 Å². The van der Waals surface area contributed by atoms with Crippen LogP contribution < -0.4 is 11.1 Å². The van der Waals surface area contributed by atoms with Gasteiger partial charge in [0.2, 0.25) is 0 Å². The molecule has 3 N–H and O–H groups in total. The number of nitrogens with one attached hydrogen (secondary N) is 1. The second-order valence-electron chi connectivity index (χ2n) is 3.55. The van der Waals surface area contributed by atoms with E-state index in [-0.39, 0.29) is 12.3 Å². The summed E-state index contributed by atoms with van der Waals surface area (Å²) in [6.07, 6.45) is 1.54. The van der Waals surface area contributed by atoms with Gasteiger partial charge in [-0.1, -0.05) is 22.9 Å². The van der Waals surface area contributed by atoms with Gasteiger partial charge in [0.05, 0.1) is 22.1 Å². The minimum absolute atomic E-state index is 0.0122. The quantitative estimate of drug-likeness (QED) is 0.842. The Hall–Kier alpha value is -1.50. The predicted octanol–water partition coefficient (Wildman–Crippen LogP) is 2.38. The molecule has 2 rings (SSSR count). The number of nitrogens with zero attached hydrogens (tertiary/aromatic N) is 2. The Morgan fingerprint density at radius 3 is 2.94 bits per heavy atom. The molecular formula is C11H11ClN4OS. The van der Waals surface area contributed by atoms with Crippen molar-refractivity contribution in [2.75, 3.05) is 11.9 Å². The summed E-state index contributed by atoms with van der Waals surface area (Å²) in [5.41, 5.74) is 6.01. The number of halogens is 1. The zero-order valence-corrected chi connectivity index (χ0v) is 11.2. The summed E-state index contributed by atoms with van der Waals surface area (Å²) in [7, 11) is 0. The van der Waals surface area contributed by atoms with Gasteiger partial charge in [0.25, 0.3) is 0 Å². The Morgan fingerprint density at radius 2 is 2.33 bits per heavy atom. The Balaban J connectivity index is 2.20. The SMILES string of the molecule is Cc1nc(Nc2ccc(Cl)cn2)sc1C(=O)CN. The number of aromatic nitrogens is 2. The van der Waals surface area contributed by atoms with Crippen LogP contribution >= 0.6 is 22.9 Å². The van der Waals surface area contributed by atoms with Crippen LogP contribution in [0.25, 0.3) is 0 Å². The molecule has 0 atom stereocenters. The van der Waals surface area contributed by atoms with Crippen LogP contribution in [-0.2, 0) is 0 Å². The van der Waals surface area contributed by atoms with Gasteiger partial charge in [-0.15, -0.1) is 0 Å². The fraction of sp³-hybridized carbons (Fsp3) is 0.182. The maximum absolute atomic E-state index is 11.5. The van der Waals surface area contributed by atoms with E-state index in [1.54, 1.807) is 19.1 Å². The molecule has 0 aliphatic heterocycles. The smallest absolute Gasteiger partial charge is 0.189 e. The van der Waals surface area contributed by atoms with Crippen molar-refractivity contribution < 1.29 is 4.79 Å². The van der Waals surface area contributed by atoms with Crippen LogP contribution in [0.5, 0.6) is 0 Å². The highest BCUT2D eigenvalue weighted by atomic mass is 35.5. The van der Waals surface area contributed by atoms with Crippen molar-refractivity contribution in [3.05, 3.63) is 33.9 Å². The summed E-state index contributed by atoms with van der Waals surface area (Å²) in [6.45, 7) is 1.77. The number of carbonyl (C=O) groups excluding carboxylic acids is 1. The molecule has 0 bridgehead atoms. The zero-order valence-electron chi connectivity index (χ0n) is 9.61. The first-order valence-electron chi connectivity index (χ1n) is 5.19. The molecule has 0 fully saturated rings. The summed E-state index contributed by atoms with van der Waals surface area (Å²) in [4.78, 5) is 20.5. The number of anilines is 2. The molecule has 18 heavy (non-hydrogen) atoms. The molecular weight excluding hydrogens is 272 g/mol. The fourth-order valence-electron chi connectivity index (χ4n) is 1.36. The maximum atomic E-state index is 11.5. The van der Waals surface area contributed by atoms with E-state index in [9.17, 15) is 4.79 Å². The Bertz CT molecular complexity index is 567. The first kappa shape index (κ1) is 12.9. The highest BCUT2D eigenvalue weighted by Gasteiger charge is 2.13. The van der Waals surface area contributed by atoms with Crippen LogP contribution in [0.3, 0.4) is 0 Å². The first-order chi connectivity index (χ1) is 8.60. The monoisotopic (exact) mass is 282 g/mol.